The first kappa shape index (κ1) is 24.4. The summed E-state index contributed by atoms with van der Waals surface area (Å²) in [5.41, 5.74) is 3.97. The summed E-state index contributed by atoms with van der Waals surface area (Å²) in [5, 5.41) is 8.50. The molecule has 0 N–H and O–H groups in total. The number of nitrogens with zero attached hydrogens (tertiary/aromatic N) is 5. The third-order valence-electron chi connectivity index (χ3n) is 7.90. The van der Waals surface area contributed by atoms with Crippen molar-refractivity contribution in [2.75, 3.05) is 24.7 Å². The van der Waals surface area contributed by atoms with Crippen molar-refractivity contribution < 1.29 is 14.3 Å². The van der Waals surface area contributed by atoms with Crippen LogP contribution in [-0.4, -0.2) is 51.2 Å². The van der Waals surface area contributed by atoms with E-state index < -0.39 is 0 Å². The van der Waals surface area contributed by atoms with Gasteiger partial charge in [0.2, 0.25) is 0 Å². The fraction of sp³-hybridized carbons (Fsp3) is 0.367. The number of benzene rings is 1. The first-order valence-corrected chi connectivity index (χ1v) is 14.5. The van der Waals surface area contributed by atoms with Crippen molar-refractivity contribution in [2.45, 2.75) is 44.6 Å². The van der Waals surface area contributed by atoms with Crippen LogP contribution in [0.15, 0.2) is 54.9 Å². The second-order valence-corrected chi connectivity index (χ2v) is 11.6. The summed E-state index contributed by atoms with van der Waals surface area (Å²) in [6.07, 6.45) is 7.20. The second kappa shape index (κ2) is 10.1. The molecule has 39 heavy (non-hydrogen) atoms. The average molecular weight is 540 g/mol. The Morgan fingerprint density at radius 2 is 1.87 bits per heavy atom. The fourth-order valence-corrected chi connectivity index (χ4v) is 6.80. The summed E-state index contributed by atoms with van der Waals surface area (Å²) in [6, 6.07) is 15.8. The van der Waals surface area contributed by atoms with Crippen molar-refractivity contribution in [1.82, 2.24) is 19.7 Å². The van der Waals surface area contributed by atoms with Crippen molar-refractivity contribution in [3.63, 3.8) is 0 Å². The van der Waals surface area contributed by atoms with Gasteiger partial charge in [0.25, 0.3) is 5.91 Å². The summed E-state index contributed by atoms with van der Waals surface area (Å²) in [7, 11) is 0. The minimum absolute atomic E-state index is 0.151. The van der Waals surface area contributed by atoms with Gasteiger partial charge in [0, 0.05) is 42.7 Å². The van der Waals surface area contributed by atoms with Crippen LogP contribution in [0.5, 0.6) is 0 Å². The van der Waals surface area contributed by atoms with Crippen LogP contribution in [-0.2, 0) is 11.2 Å². The van der Waals surface area contributed by atoms with Crippen molar-refractivity contribution in [3.8, 4) is 22.0 Å². The highest BCUT2D eigenvalue weighted by Gasteiger charge is 2.30. The molecule has 0 bridgehead atoms. The van der Waals surface area contributed by atoms with E-state index in [1.807, 2.05) is 41.3 Å². The van der Waals surface area contributed by atoms with E-state index >= 15 is 0 Å². The van der Waals surface area contributed by atoms with Crippen LogP contribution in [0, 0.1) is 5.92 Å². The van der Waals surface area contributed by atoms with Gasteiger partial charge in [-0.3, -0.25) is 9.59 Å². The Balaban J connectivity index is 1.19. The van der Waals surface area contributed by atoms with E-state index in [-0.39, 0.29) is 17.7 Å². The number of amides is 1. The molecule has 1 aliphatic carbocycles. The molecule has 3 aliphatic rings. The topological polar surface area (TPSA) is 90.2 Å². The highest BCUT2D eigenvalue weighted by Crippen LogP contribution is 2.43. The molecule has 5 heterocycles. The van der Waals surface area contributed by atoms with Crippen molar-refractivity contribution in [1.29, 1.82) is 0 Å². The van der Waals surface area contributed by atoms with Gasteiger partial charge in [-0.05, 0) is 67.9 Å². The van der Waals surface area contributed by atoms with Gasteiger partial charge < -0.3 is 14.2 Å². The van der Waals surface area contributed by atoms with Gasteiger partial charge in [-0.15, -0.1) is 21.5 Å². The third kappa shape index (κ3) is 4.70. The van der Waals surface area contributed by atoms with E-state index in [2.05, 4.69) is 20.8 Å². The van der Waals surface area contributed by atoms with Crippen LogP contribution in [0.25, 0.3) is 22.0 Å². The maximum Gasteiger partial charge on any atom is 0.276 e. The standard InChI is InChI=1S/C30H29N5O3S/c36-26(16-19-8-9-19)27-17-20-10-13-34(25-7-2-1-4-22(25)28(20)39-27)30(37)24-6-3-5-23(32-24)29-33-31-18-35(29)21-11-14-38-15-12-21/h1-7,17-19,21H,8-16H2. The zero-order valence-corrected chi connectivity index (χ0v) is 22.4. The Hall–Kier alpha value is -3.69. The predicted molar refractivity (Wildman–Crippen MR) is 149 cm³/mol. The normalized spacial score (nSPS) is 17.4. The number of hydrogen-bond acceptors (Lipinski definition) is 7. The number of aromatic nitrogens is 4. The Morgan fingerprint density at radius 1 is 1.03 bits per heavy atom. The van der Waals surface area contributed by atoms with Crippen LogP contribution in [0.3, 0.4) is 0 Å². The van der Waals surface area contributed by atoms with E-state index in [0.29, 0.717) is 55.7 Å². The van der Waals surface area contributed by atoms with Gasteiger partial charge >= 0.3 is 0 Å². The summed E-state index contributed by atoms with van der Waals surface area (Å²) in [5.74, 6) is 1.32. The van der Waals surface area contributed by atoms with E-state index in [1.165, 1.54) is 12.8 Å². The SMILES string of the molecule is O=C(CC1CC1)c1cc2c(s1)-c1ccccc1N(C(=O)c1cccc(-c3nncn3C3CCOCC3)n1)CC2. The number of carbonyl (C=O) groups is 2. The van der Waals surface area contributed by atoms with Crippen LogP contribution < -0.4 is 4.90 Å². The quantitative estimate of drug-likeness (QED) is 0.296. The lowest BCUT2D eigenvalue weighted by Gasteiger charge is -2.24. The lowest BCUT2D eigenvalue weighted by Crippen LogP contribution is -2.33. The first-order chi connectivity index (χ1) is 19.2. The highest BCUT2D eigenvalue weighted by atomic mass is 32.1. The minimum atomic E-state index is -0.151. The number of Topliss-reactive ketones (excluding diaryl/α,β-unsaturated/α-hetero) is 1. The number of para-hydroxylation sites is 1. The Labute approximate surface area is 230 Å². The molecule has 4 aromatic rings. The zero-order chi connectivity index (χ0) is 26.3. The fourth-order valence-electron chi connectivity index (χ4n) is 5.60. The molecule has 0 spiro atoms. The summed E-state index contributed by atoms with van der Waals surface area (Å²) >= 11 is 1.56. The second-order valence-electron chi connectivity index (χ2n) is 10.6. The van der Waals surface area contributed by atoms with Crippen LogP contribution >= 0.6 is 11.3 Å². The van der Waals surface area contributed by atoms with E-state index in [4.69, 9.17) is 9.72 Å². The number of fused-ring (bicyclic) bond motifs is 3. The molecule has 7 rings (SSSR count). The lowest BCUT2D eigenvalue weighted by molar-refractivity contribution is 0.0699. The smallest absolute Gasteiger partial charge is 0.276 e. The van der Waals surface area contributed by atoms with Crippen molar-refractivity contribution >= 4 is 28.7 Å². The molecule has 0 unspecified atom stereocenters. The van der Waals surface area contributed by atoms with Gasteiger partial charge in [0.15, 0.2) is 11.6 Å². The number of ether oxygens (including phenoxy) is 1. The monoisotopic (exact) mass is 539 g/mol. The summed E-state index contributed by atoms with van der Waals surface area (Å²) in [6.45, 7) is 1.94. The largest absolute Gasteiger partial charge is 0.381 e. The van der Waals surface area contributed by atoms with Gasteiger partial charge in [0.05, 0.1) is 10.6 Å². The molecule has 1 saturated heterocycles. The van der Waals surface area contributed by atoms with Crippen molar-refractivity contribution in [3.05, 3.63) is 71.0 Å². The van der Waals surface area contributed by atoms with Crippen LogP contribution in [0.2, 0.25) is 0 Å². The van der Waals surface area contributed by atoms with Crippen LogP contribution in [0.4, 0.5) is 5.69 Å². The zero-order valence-electron chi connectivity index (χ0n) is 21.6. The highest BCUT2D eigenvalue weighted by molar-refractivity contribution is 7.17. The average Bonchev–Trinajstić information content (AvgIpc) is 3.51. The number of anilines is 1. The summed E-state index contributed by atoms with van der Waals surface area (Å²) < 4.78 is 7.57. The summed E-state index contributed by atoms with van der Waals surface area (Å²) in [4.78, 5) is 35.3. The van der Waals surface area contributed by atoms with E-state index in [9.17, 15) is 9.59 Å². The van der Waals surface area contributed by atoms with Crippen LogP contribution in [0.1, 0.15) is 63.9 Å². The molecule has 1 amide bonds. The van der Waals surface area contributed by atoms with Gasteiger partial charge in [0.1, 0.15) is 17.7 Å². The number of ketones is 1. The number of pyridine rings is 1. The first-order valence-electron chi connectivity index (χ1n) is 13.7. The number of thiophene rings is 1. The molecule has 0 radical (unpaired) electrons. The van der Waals surface area contributed by atoms with E-state index in [0.717, 1.165) is 39.4 Å². The molecule has 8 nitrogen and oxygen atoms in total. The number of carbonyl (C=O) groups excluding carboxylic acids is 2. The maximum atomic E-state index is 14.0. The number of rotatable bonds is 6. The molecular weight excluding hydrogens is 510 g/mol. The molecule has 0 atom stereocenters. The molecule has 198 valence electrons. The van der Waals surface area contributed by atoms with Gasteiger partial charge in [-0.1, -0.05) is 24.3 Å². The lowest BCUT2D eigenvalue weighted by atomic mass is 10.1. The molecule has 2 aliphatic heterocycles. The molecule has 3 aromatic heterocycles. The molecule has 1 saturated carbocycles. The van der Waals surface area contributed by atoms with E-state index in [1.54, 1.807) is 23.7 Å². The van der Waals surface area contributed by atoms with Gasteiger partial charge in [-0.2, -0.15) is 0 Å². The molecule has 1 aromatic carbocycles. The number of hydrogen-bond donors (Lipinski definition) is 0. The predicted octanol–water partition coefficient (Wildman–Crippen LogP) is 5.61. The van der Waals surface area contributed by atoms with Crippen molar-refractivity contribution in [2.24, 2.45) is 5.92 Å². The Morgan fingerprint density at radius 3 is 2.72 bits per heavy atom. The third-order valence-corrected chi connectivity index (χ3v) is 9.15. The molecule has 2 fully saturated rings. The Kier molecular flexibility index (Phi) is 6.33. The molecule has 9 heteroatoms. The maximum absolute atomic E-state index is 14.0. The Bertz CT molecular complexity index is 1550. The minimum Gasteiger partial charge on any atom is -0.381 e. The molecular formula is C30H29N5O3S. The van der Waals surface area contributed by atoms with Gasteiger partial charge in [-0.25, -0.2) is 4.98 Å².